The first-order valence-corrected chi connectivity index (χ1v) is 32.3. The first kappa shape index (κ1) is 51.2. The van der Waals surface area contributed by atoms with Gasteiger partial charge in [0.25, 0.3) is 0 Å². The lowest BCUT2D eigenvalue weighted by atomic mass is 9.67. The zero-order valence-electron chi connectivity index (χ0n) is 50.0. The fourth-order valence-corrected chi connectivity index (χ4v) is 17.4. The molecule has 7 aromatic heterocycles. The molecule has 18 aromatic rings. The van der Waals surface area contributed by atoms with Crippen molar-refractivity contribution in [3.8, 4) is 39.8 Å². The first-order chi connectivity index (χ1) is 45.6. The molecule has 0 N–H and O–H groups in total. The van der Waals surface area contributed by atoms with Crippen LogP contribution in [0, 0.1) is 0 Å². The van der Waals surface area contributed by atoms with Crippen LogP contribution in [-0.2, 0) is 5.41 Å². The number of fused-ring (bicyclic) bond motifs is 22. The molecule has 11 aromatic carbocycles. The summed E-state index contributed by atoms with van der Waals surface area (Å²) >= 11 is 1.85. The lowest BCUT2D eigenvalue weighted by Crippen LogP contribution is -2.33. The molecule has 0 amide bonds. The Kier molecular flexibility index (Phi) is 10.7. The van der Waals surface area contributed by atoms with Gasteiger partial charge < -0.3 is 22.8 Å². The number of pyridine rings is 2. The lowest BCUT2D eigenvalue weighted by Gasteiger charge is -2.40. The molecule has 1 aliphatic carbocycles. The van der Waals surface area contributed by atoms with E-state index in [-0.39, 0.29) is 0 Å². The molecule has 0 fully saturated rings. The summed E-state index contributed by atoms with van der Waals surface area (Å²) in [6, 6.07) is 96.5. The SMILES string of the molecule is C=Cc1c(/C=C\C)c2cc(-n3c4ccccc4c4ccccc43)ccc2n1-c1ccc2c(c1)C1(c3cc(-n4c5ccccc5c5ccccc54)ccc3S2)c2cc(-n3c4ccccc4c4ccccc43)cnc2-c2ncc(-n3c4ccccc4c4ccccc43)cc21. The minimum atomic E-state index is -0.998. The van der Waals surface area contributed by atoms with E-state index in [1.165, 1.54) is 64.6 Å². The third-order valence-corrected chi connectivity index (χ3v) is 21.1. The van der Waals surface area contributed by atoms with E-state index in [1.54, 1.807) is 0 Å². The van der Waals surface area contributed by atoms with Crippen LogP contribution >= 0.6 is 11.8 Å². The highest BCUT2D eigenvalue weighted by Gasteiger charge is 2.53. The zero-order valence-corrected chi connectivity index (χ0v) is 50.8. The molecule has 1 spiro atoms. The van der Waals surface area contributed by atoms with Crippen LogP contribution in [0.25, 0.3) is 150 Å². The van der Waals surface area contributed by atoms with Gasteiger partial charge in [-0.05, 0) is 139 Å². The Balaban J connectivity index is 0.910. The van der Waals surface area contributed by atoms with Gasteiger partial charge in [-0.2, -0.15) is 0 Å². The normalized spacial score (nSPS) is 13.3. The van der Waals surface area contributed by atoms with Gasteiger partial charge in [-0.1, -0.05) is 176 Å². The van der Waals surface area contributed by atoms with Gasteiger partial charge in [0, 0.05) is 92.0 Å². The van der Waals surface area contributed by atoms with Crippen LogP contribution < -0.4 is 0 Å². The average Bonchev–Trinajstić information content (AvgIpc) is 1.45. The standard InChI is InChI=1S/C84H53N7S/c1-3-21-56-65-44-51(88-71-30-13-5-22-57(71)58-23-6-14-31-72(58)88)38-41-79(65)87(70(56)4-2)52-39-42-80-66(45-52)84(67-46-53(40-43-81(67)92-80)89-73-32-15-7-24-59(73)60-25-8-16-33-74(60)89)68-47-54(90-75-34-17-9-26-61(75)62-27-10-18-35-76(62)90)49-85-82(68)83-69(84)48-55(50-86-83)91-77-36-19-11-28-63(77)64-29-12-20-37-78(64)91/h3-50H,2H2,1H3/b21-3-. The highest BCUT2D eigenvalue weighted by atomic mass is 32.2. The number of nitrogens with zero attached hydrogens (tertiary/aromatic N) is 7. The van der Waals surface area contributed by atoms with Crippen molar-refractivity contribution in [1.29, 1.82) is 0 Å². The molecule has 1 aliphatic heterocycles. The molecule has 2 aliphatic rings. The summed E-state index contributed by atoms with van der Waals surface area (Å²) < 4.78 is 12.1. The number of aromatic nitrogens is 7. The fraction of sp³-hybridized carbons (Fsp3) is 0.0238. The maximum Gasteiger partial charge on any atom is 0.0939 e. The summed E-state index contributed by atoms with van der Waals surface area (Å²) in [6.45, 7) is 6.71. The van der Waals surface area contributed by atoms with Crippen LogP contribution in [0.4, 0.5) is 0 Å². The van der Waals surface area contributed by atoms with Crippen LogP contribution in [0.2, 0.25) is 0 Å². The van der Waals surface area contributed by atoms with Gasteiger partial charge in [0.2, 0.25) is 0 Å². The van der Waals surface area contributed by atoms with E-state index in [9.17, 15) is 0 Å². The largest absolute Gasteiger partial charge is 0.309 e. The summed E-state index contributed by atoms with van der Waals surface area (Å²) in [6.07, 6.45) is 10.6. The summed E-state index contributed by atoms with van der Waals surface area (Å²) in [5.41, 5.74) is 22.7. The minimum absolute atomic E-state index is 0.862. The third-order valence-electron chi connectivity index (χ3n) is 19.9. The van der Waals surface area contributed by atoms with Gasteiger partial charge in [0.1, 0.15) is 0 Å². The van der Waals surface area contributed by atoms with Gasteiger partial charge in [-0.25, -0.2) is 0 Å². The van der Waals surface area contributed by atoms with Crippen LogP contribution in [0.1, 0.15) is 40.4 Å². The maximum absolute atomic E-state index is 5.72. The van der Waals surface area contributed by atoms with Crippen molar-refractivity contribution in [2.75, 3.05) is 0 Å². The van der Waals surface area contributed by atoms with Gasteiger partial charge in [0.15, 0.2) is 0 Å². The second-order valence-electron chi connectivity index (χ2n) is 24.4. The summed E-state index contributed by atoms with van der Waals surface area (Å²) in [7, 11) is 0. The van der Waals surface area contributed by atoms with Crippen molar-refractivity contribution >= 4 is 122 Å². The van der Waals surface area contributed by atoms with Crippen molar-refractivity contribution in [3.05, 3.63) is 319 Å². The predicted molar refractivity (Wildman–Crippen MR) is 382 cm³/mol. The van der Waals surface area contributed by atoms with E-state index >= 15 is 0 Å². The smallest absolute Gasteiger partial charge is 0.0939 e. The molecular formula is C84H53N7S. The van der Waals surface area contributed by atoms with Crippen molar-refractivity contribution in [3.63, 3.8) is 0 Å². The van der Waals surface area contributed by atoms with E-state index in [2.05, 4.69) is 322 Å². The number of para-hydroxylation sites is 8. The van der Waals surface area contributed by atoms with E-state index in [0.717, 1.165) is 117 Å². The number of rotatable bonds is 7. The van der Waals surface area contributed by atoms with E-state index in [0.29, 0.717) is 0 Å². The average molecular weight is 1190 g/mol. The van der Waals surface area contributed by atoms with Gasteiger partial charge in [-0.15, -0.1) is 0 Å². The fourth-order valence-electron chi connectivity index (χ4n) is 16.3. The van der Waals surface area contributed by atoms with Gasteiger partial charge in [0.05, 0.1) is 95.9 Å². The number of allylic oxidation sites excluding steroid dienone is 1. The number of benzene rings is 11. The summed E-state index contributed by atoms with van der Waals surface area (Å²) in [5, 5.41) is 10.8. The number of hydrogen-bond donors (Lipinski definition) is 0. The van der Waals surface area contributed by atoms with Crippen LogP contribution in [0.15, 0.2) is 296 Å². The van der Waals surface area contributed by atoms with Crippen molar-refractivity contribution in [2.45, 2.75) is 22.1 Å². The van der Waals surface area contributed by atoms with Gasteiger partial charge in [-0.3, -0.25) is 9.97 Å². The molecule has 0 saturated heterocycles. The second-order valence-corrected chi connectivity index (χ2v) is 25.5. The van der Waals surface area contributed by atoms with Gasteiger partial charge >= 0.3 is 0 Å². The Morgan fingerprint density at radius 1 is 0.326 bits per heavy atom. The number of hydrogen-bond acceptors (Lipinski definition) is 3. The molecule has 0 saturated carbocycles. The molecule has 8 heterocycles. The highest BCUT2D eigenvalue weighted by molar-refractivity contribution is 7.99. The third kappa shape index (κ3) is 6.80. The van der Waals surface area contributed by atoms with Crippen LogP contribution in [0.5, 0.6) is 0 Å². The topological polar surface area (TPSA) is 50.4 Å². The minimum Gasteiger partial charge on any atom is -0.309 e. The Labute approximate surface area is 532 Å². The monoisotopic (exact) mass is 1190 g/mol. The Bertz CT molecular complexity index is 5920. The quantitative estimate of drug-likeness (QED) is 0.160. The molecule has 430 valence electrons. The summed E-state index contributed by atoms with van der Waals surface area (Å²) in [5.74, 6) is 0. The molecule has 0 radical (unpaired) electrons. The molecule has 0 atom stereocenters. The van der Waals surface area contributed by atoms with Crippen molar-refractivity contribution in [2.24, 2.45) is 0 Å². The van der Waals surface area contributed by atoms with Crippen molar-refractivity contribution in [1.82, 2.24) is 32.8 Å². The lowest BCUT2D eigenvalue weighted by molar-refractivity contribution is 0.715. The van der Waals surface area contributed by atoms with E-state index in [4.69, 9.17) is 9.97 Å². The Morgan fingerprint density at radius 3 is 0.989 bits per heavy atom. The molecule has 7 nitrogen and oxygen atoms in total. The van der Waals surface area contributed by atoms with Crippen LogP contribution in [0.3, 0.4) is 0 Å². The summed E-state index contributed by atoms with van der Waals surface area (Å²) in [4.78, 5) is 13.8. The predicted octanol–water partition coefficient (Wildman–Crippen LogP) is 21.3. The zero-order chi connectivity index (χ0) is 60.5. The Morgan fingerprint density at radius 2 is 0.630 bits per heavy atom. The van der Waals surface area contributed by atoms with Crippen molar-refractivity contribution < 1.29 is 0 Å². The Hall–Kier alpha value is -11.7. The maximum atomic E-state index is 5.72. The molecular weight excluding hydrogens is 1140 g/mol. The molecule has 20 rings (SSSR count). The highest BCUT2D eigenvalue weighted by Crippen LogP contribution is 2.63. The molecule has 8 heteroatoms. The van der Waals surface area contributed by atoms with E-state index in [1.807, 2.05) is 17.8 Å². The second kappa shape index (κ2) is 19.2. The van der Waals surface area contributed by atoms with Crippen LogP contribution in [-0.4, -0.2) is 32.8 Å². The molecule has 0 bridgehead atoms. The molecule has 92 heavy (non-hydrogen) atoms. The molecule has 0 unspecified atom stereocenters. The first-order valence-electron chi connectivity index (χ1n) is 31.4. The van der Waals surface area contributed by atoms with E-state index < -0.39 is 5.41 Å².